The van der Waals surface area contributed by atoms with Crippen molar-refractivity contribution < 1.29 is 29.3 Å². The van der Waals surface area contributed by atoms with Gasteiger partial charge in [0.1, 0.15) is 11.2 Å². The topological polar surface area (TPSA) is 114 Å². The first kappa shape index (κ1) is 22.7. The molecule has 0 spiro atoms. The molecular formula is C29H23N3O6. The lowest BCUT2D eigenvalue weighted by molar-refractivity contribution is -0.107. The predicted octanol–water partition coefficient (Wildman–Crippen LogP) is 5.41. The highest BCUT2D eigenvalue weighted by Crippen LogP contribution is 2.65. The van der Waals surface area contributed by atoms with Crippen LogP contribution in [0.5, 0.6) is 17.6 Å². The zero-order chi connectivity index (χ0) is 26.2. The molecule has 0 radical (unpaired) electrons. The van der Waals surface area contributed by atoms with E-state index < -0.39 is 17.3 Å². The van der Waals surface area contributed by atoms with Gasteiger partial charge in [-0.25, -0.2) is 4.85 Å². The summed E-state index contributed by atoms with van der Waals surface area (Å²) in [5.74, 6) is -0.0157. The van der Waals surface area contributed by atoms with Crippen LogP contribution in [0.4, 0.5) is 5.69 Å². The quantitative estimate of drug-likeness (QED) is 0.272. The number of aromatic nitrogens is 2. The maximum atomic E-state index is 11.6. The van der Waals surface area contributed by atoms with Crippen LogP contribution in [0.3, 0.4) is 0 Å². The molecule has 7 rings (SSSR count). The first-order valence-corrected chi connectivity index (χ1v) is 12.3. The molecule has 0 saturated carbocycles. The molecule has 9 heteroatoms. The van der Waals surface area contributed by atoms with Crippen molar-refractivity contribution >= 4 is 27.4 Å². The molecule has 2 bridgehead atoms. The molecule has 2 aromatic heterocycles. The van der Waals surface area contributed by atoms with E-state index in [1.807, 2.05) is 42.5 Å². The minimum Gasteiger partial charge on any atom is -0.494 e. The summed E-state index contributed by atoms with van der Waals surface area (Å²) < 4.78 is 19.0. The van der Waals surface area contributed by atoms with E-state index in [4.69, 9.17) is 20.6 Å². The highest BCUT2D eigenvalue weighted by Gasteiger charge is 2.66. The van der Waals surface area contributed by atoms with E-state index in [0.29, 0.717) is 51.2 Å². The van der Waals surface area contributed by atoms with Crippen LogP contribution in [0.1, 0.15) is 30.9 Å². The molecule has 3 N–H and O–H groups in total. The summed E-state index contributed by atoms with van der Waals surface area (Å²) in [6, 6.07) is 18.1. The number of ether oxygens (including phenoxy) is 2. The van der Waals surface area contributed by atoms with Crippen molar-refractivity contribution in [3.05, 3.63) is 83.2 Å². The van der Waals surface area contributed by atoms with Crippen molar-refractivity contribution in [1.29, 1.82) is 0 Å². The SMILES string of the molecule is [C-]#[N+]c1ccc(-n2c(O)c3c(c2O)C2(C)OC3(CCOc3noc4ccccc34)CC2O)c2ccccc12. The fourth-order valence-electron chi connectivity index (χ4n) is 6.19. The van der Waals surface area contributed by atoms with E-state index in [-0.39, 0.29) is 24.8 Å². The Morgan fingerprint density at radius 2 is 1.74 bits per heavy atom. The number of benzene rings is 3. The summed E-state index contributed by atoms with van der Waals surface area (Å²) >= 11 is 0. The molecule has 5 aromatic rings. The van der Waals surface area contributed by atoms with Gasteiger partial charge < -0.3 is 29.3 Å². The van der Waals surface area contributed by atoms with Gasteiger partial charge in [-0.3, -0.25) is 4.57 Å². The molecule has 0 amide bonds. The third-order valence-corrected chi connectivity index (χ3v) is 7.97. The van der Waals surface area contributed by atoms with E-state index in [1.54, 1.807) is 25.1 Å². The van der Waals surface area contributed by atoms with E-state index in [1.165, 1.54) is 4.57 Å². The van der Waals surface area contributed by atoms with Crippen LogP contribution < -0.4 is 4.74 Å². The Balaban J connectivity index is 1.32. The van der Waals surface area contributed by atoms with Crippen LogP contribution in [0.15, 0.2) is 65.2 Å². The summed E-state index contributed by atoms with van der Waals surface area (Å²) in [7, 11) is 0. The average Bonchev–Trinajstić information content (AvgIpc) is 3.61. The summed E-state index contributed by atoms with van der Waals surface area (Å²) in [4.78, 5) is 3.61. The molecule has 9 nitrogen and oxygen atoms in total. The minimum absolute atomic E-state index is 0.166. The Labute approximate surface area is 216 Å². The molecule has 0 aliphatic carbocycles. The smallest absolute Gasteiger partial charge is 0.262 e. The average molecular weight is 510 g/mol. The standard InChI is InChI=1S/C29H23N3O6/c1-28-22(33)15-29(38-28,13-14-36-25-18-9-5-6-10-21(18)37-31-25)24-23(28)26(34)32(27(24)35)20-12-11-19(30-2)16-7-3-4-8-17(16)20/h3-12,22,33-35H,13-15H2,1H3. The normalized spacial score (nSPS) is 23.7. The zero-order valence-corrected chi connectivity index (χ0v) is 20.4. The molecule has 4 heterocycles. The van der Waals surface area contributed by atoms with E-state index in [2.05, 4.69) is 10.0 Å². The monoisotopic (exact) mass is 509 g/mol. The molecule has 3 atom stereocenters. The first-order valence-electron chi connectivity index (χ1n) is 12.3. The number of rotatable bonds is 5. The molecule has 2 aliphatic heterocycles. The molecular weight excluding hydrogens is 486 g/mol. The second kappa shape index (κ2) is 7.74. The van der Waals surface area contributed by atoms with Gasteiger partial charge in [-0.15, -0.1) is 0 Å². The number of aliphatic hydroxyl groups excluding tert-OH is 1. The third kappa shape index (κ3) is 2.84. The molecule has 38 heavy (non-hydrogen) atoms. The second-order valence-corrected chi connectivity index (χ2v) is 10.00. The summed E-state index contributed by atoms with van der Waals surface area (Å²) in [5.41, 5.74) is 0.115. The Morgan fingerprint density at radius 1 is 1.03 bits per heavy atom. The van der Waals surface area contributed by atoms with Gasteiger partial charge in [-0.2, -0.15) is 0 Å². The maximum absolute atomic E-state index is 11.6. The number of hydrogen-bond acceptors (Lipinski definition) is 7. The molecule has 190 valence electrons. The van der Waals surface area contributed by atoms with Crippen molar-refractivity contribution in [2.24, 2.45) is 0 Å². The zero-order valence-electron chi connectivity index (χ0n) is 20.4. The van der Waals surface area contributed by atoms with Crippen LogP contribution in [0.25, 0.3) is 32.3 Å². The highest BCUT2D eigenvalue weighted by atomic mass is 16.6. The number of para-hydroxylation sites is 1. The summed E-state index contributed by atoms with van der Waals surface area (Å²) in [6.07, 6.45) is -0.374. The number of nitrogens with zero attached hydrogens (tertiary/aromatic N) is 3. The van der Waals surface area contributed by atoms with Crippen LogP contribution in [-0.4, -0.2) is 37.8 Å². The fourth-order valence-corrected chi connectivity index (χ4v) is 6.19. The number of fused-ring (bicyclic) bond motifs is 7. The van der Waals surface area contributed by atoms with Gasteiger partial charge in [-0.05, 0) is 41.1 Å². The Bertz CT molecular complexity index is 1800. The van der Waals surface area contributed by atoms with Gasteiger partial charge in [0.25, 0.3) is 5.88 Å². The summed E-state index contributed by atoms with van der Waals surface area (Å²) in [5, 5.41) is 40.3. The molecule has 1 fully saturated rings. The lowest BCUT2D eigenvalue weighted by atomic mass is 9.76. The van der Waals surface area contributed by atoms with Gasteiger partial charge in [0.05, 0.1) is 41.5 Å². The molecule has 3 aromatic carbocycles. The van der Waals surface area contributed by atoms with Crippen molar-refractivity contribution in [2.45, 2.75) is 37.1 Å². The number of hydrogen-bond donors (Lipinski definition) is 3. The van der Waals surface area contributed by atoms with Crippen molar-refractivity contribution in [3.8, 4) is 23.3 Å². The van der Waals surface area contributed by atoms with Crippen molar-refractivity contribution in [3.63, 3.8) is 0 Å². The molecule has 2 aliphatic rings. The van der Waals surface area contributed by atoms with Crippen LogP contribution >= 0.6 is 0 Å². The second-order valence-electron chi connectivity index (χ2n) is 10.00. The minimum atomic E-state index is -1.21. The van der Waals surface area contributed by atoms with Gasteiger partial charge in [-0.1, -0.05) is 42.5 Å². The van der Waals surface area contributed by atoms with Crippen LogP contribution in [0, 0.1) is 6.57 Å². The van der Waals surface area contributed by atoms with Gasteiger partial charge in [0.2, 0.25) is 11.8 Å². The van der Waals surface area contributed by atoms with Crippen LogP contribution in [-0.2, 0) is 15.9 Å². The molecule has 1 saturated heterocycles. The Hall–Kier alpha value is -4.52. The van der Waals surface area contributed by atoms with Crippen LogP contribution in [0.2, 0.25) is 0 Å². The highest BCUT2D eigenvalue weighted by molar-refractivity contribution is 6.00. The summed E-state index contributed by atoms with van der Waals surface area (Å²) in [6.45, 7) is 9.41. The largest absolute Gasteiger partial charge is 0.494 e. The van der Waals surface area contributed by atoms with Gasteiger partial charge in [0, 0.05) is 12.8 Å². The molecule has 3 unspecified atom stereocenters. The van der Waals surface area contributed by atoms with Crippen molar-refractivity contribution in [2.75, 3.05) is 6.61 Å². The van der Waals surface area contributed by atoms with Crippen molar-refractivity contribution in [1.82, 2.24) is 9.72 Å². The fraction of sp³-hybridized carbons (Fsp3) is 0.241. The van der Waals surface area contributed by atoms with E-state index >= 15 is 0 Å². The lowest BCUT2D eigenvalue weighted by Gasteiger charge is -2.26. The number of aliphatic hydroxyl groups is 1. The van der Waals surface area contributed by atoms with E-state index in [0.717, 1.165) is 5.39 Å². The predicted molar refractivity (Wildman–Crippen MR) is 138 cm³/mol. The van der Waals surface area contributed by atoms with Gasteiger partial charge >= 0.3 is 0 Å². The third-order valence-electron chi connectivity index (χ3n) is 7.97. The van der Waals surface area contributed by atoms with Gasteiger partial charge in [0.15, 0.2) is 11.3 Å². The maximum Gasteiger partial charge on any atom is 0.262 e. The Kier molecular flexibility index (Phi) is 4.62. The Morgan fingerprint density at radius 3 is 2.53 bits per heavy atom. The lowest BCUT2D eigenvalue weighted by Crippen LogP contribution is -2.33. The number of aromatic hydroxyl groups is 2. The van der Waals surface area contributed by atoms with E-state index in [9.17, 15) is 15.3 Å². The first-order chi connectivity index (χ1) is 18.4.